The van der Waals surface area contributed by atoms with Gasteiger partial charge < -0.3 is 14.1 Å². The molecule has 3 rings (SSSR count). The van der Waals surface area contributed by atoms with Gasteiger partial charge in [0.05, 0.1) is 18.1 Å². The van der Waals surface area contributed by atoms with Gasteiger partial charge in [0.2, 0.25) is 0 Å². The second-order valence-electron chi connectivity index (χ2n) is 5.37. The molecule has 23 heavy (non-hydrogen) atoms. The molecule has 1 aliphatic rings. The van der Waals surface area contributed by atoms with Gasteiger partial charge in [0.1, 0.15) is 5.76 Å². The fourth-order valence-corrected chi connectivity index (χ4v) is 3.49. The van der Waals surface area contributed by atoms with Gasteiger partial charge in [0, 0.05) is 30.6 Å². The molecule has 1 aromatic carbocycles. The Hall–Kier alpha value is -2.12. The van der Waals surface area contributed by atoms with Crippen LogP contribution in [0.15, 0.2) is 39.6 Å². The largest absolute Gasteiger partial charge is 0.453 e. The van der Waals surface area contributed by atoms with E-state index in [0.29, 0.717) is 30.8 Å². The van der Waals surface area contributed by atoms with Crippen LogP contribution in [0.3, 0.4) is 0 Å². The molecule has 0 radical (unpaired) electrons. The predicted octanol–water partition coefficient (Wildman–Crippen LogP) is 2.00. The van der Waals surface area contributed by atoms with E-state index in [-0.39, 0.29) is 10.7 Å². The quantitative estimate of drug-likeness (QED) is 0.796. The Morgan fingerprint density at radius 3 is 2.48 bits per heavy atom. The summed E-state index contributed by atoms with van der Waals surface area (Å²) in [4.78, 5) is 13.1. The fourth-order valence-electron chi connectivity index (χ4n) is 2.61. The highest BCUT2D eigenvalue weighted by molar-refractivity contribution is 7.90. The van der Waals surface area contributed by atoms with E-state index in [0.717, 1.165) is 25.0 Å². The average molecular weight is 335 g/mol. The van der Waals surface area contributed by atoms with Crippen molar-refractivity contribution in [1.82, 2.24) is 0 Å². The monoisotopic (exact) mass is 335 g/mol. The van der Waals surface area contributed by atoms with E-state index in [4.69, 9.17) is 9.15 Å². The minimum Gasteiger partial charge on any atom is -0.453 e. The average Bonchev–Trinajstić information content (AvgIpc) is 3.03. The lowest BCUT2D eigenvalue weighted by Crippen LogP contribution is -2.36. The number of nitrogens with zero attached hydrogens (tertiary/aromatic N) is 1. The van der Waals surface area contributed by atoms with Gasteiger partial charge in [-0.25, -0.2) is 8.42 Å². The van der Waals surface area contributed by atoms with Crippen molar-refractivity contribution in [3.8, 4) is 11.3 Å². The topological polar surface area (TPSA) is 76.8 Å². The summed E-state index contributed by atoms with van der Waals surface area (Å²) in [6, 6.07) is 8.29. The molecular formula is C16H17NO5S. The Morgan fingerprint density at radius 1 is 1.13 bits per heavy atom. The zero-order chi connectivity index (χ0) is 16.4. The lowest BCUT2D eigenvalue weighted by molar-refractivity contribution is 0.110. The molecule has 0 N–H and O–H groups in total. The summed E-state index contributed by atoms with van der Waals surface area (Å²) in [6.07, 6.45) is 1.75. The van der Waals surface area contributed by atoms with Crippen LogP contribution in [0.25, 0.3) is 11.3 Å². The van der Waals surface area contributed by atoms with Crippen LogP contribution >= 0.6 is 0 Å². The van der Waals surface area contributed by atoms with Gasteiger partial charge in [-0.2, -0.15) is 0 Å². The first-order valence-electron chi connectivity index (χ1n) is 7.21. The van der Waals surface area contributed by atoms with Gasteiger partial charge in [-0.1, -0.05) is 0 Å². The number of aldehydes is 1. The van der Waals surface area contributed by atoms with Crippen LogP contribution in [-0.4, -0.2) is 47.3 Å². The van der Waals surface area contributed by atoms with Crippen molar-refractivity contribution in [2.75, 3.05) is 37.5 Å². The van der Waals surface area contributed by atoms with Crippen LogP contribution in [0.1, 0.15) is 10.6 Å². The Labute approximate surface area is 134 Å². The van der Waals surface area contributed by atoms with E-state index in [2.05, 4.69) is 4.90 Å². The number of furan rings is 1. The highest BCUT2D eigenvalue weighted by Gasteiger charge is 2.20. The number of anilines is 1. The molecule has 2 aromatic rings. The Bertz CT molecular complexity index is 819. The second-order valence-corrected chi connectivity index (χ2v) is 7.36. The van der Waals surface area contributed by atoms with Gasteiger partial charge >= 0.3 is 0 Å². The first-order valence-corrected chi connectivity index (χ1v) is 9.10. The highest BCUT2D eigenvalue weighted by atomic mass is 32.2. The molecule has 6 nitrogen and oxygen atoms in total. The first-order chi connectivity index (χ1) is 11.0. The van der Waals surface area contributed by atoms with E-state index < -0.39 is 9.84 Å². The van der Waals surface area contributed by atoms with Gasteiger partial charge in [-0.15, -0.1) is 0 Å². The number of ether oxygens (including phenoxy) is 1. The Kier molecular flexibility index (Phi) is 4.23. The molecule has 122 valence electrons. The molecule has 2 heterocycles. The SMILES string of the molecule is CS(=O)(=O)c1ccc(N2CCOCC2)cc1-c1ccc(C=O)o1. The van der Waals surface area contributed by atoms with Gasteiger partial charge in [-0.05, 0) is 30.3 Å². The van der Waals surface area contributed by atoms with Gasteiger partial charge in [0.15, 0.2) is 21.9 Å². The molecule has 0 amide bonds. The number of sulfone groups is 1. The number of hydrogen-bond acceptors (Lipinski definition) is 6. The maximum atomic E-state index is 12.0. The summed E-state index contributed by atoms with van der Waals surface area (Å²) in [6.45, 7) is 2.77. The number of morpholine rings is 1. The van der Waals surface area contributed by atoms with E-state index >= 15 is 0 Å². The van der Waals surface area contributed by atoms with Crippen LogP contribution in [0, 0.1) is 0 Å². The maximum absolute atomic E-state index is 12.0. The third kappa shape index (κ3) is 3.30. The standard InChI is InChI=1S/C16H17NO5S/c1-23(19,20)16-5-2-12(17-6-8-21-9-7-17)10-14(16)15-4-3-13(11-18)22-15/h2-5,10-11H,6-9H2,1H3. The molecule has 1 aliphatic heterocycles. The van der Waals surface area contributed by atoms with Crippen LogP contribution < -0.4 is 4.90 Å². The Morgan fingerprint density at radius 2 is 1.87 bits per heavy atom. The number of rotatable bonds is 4. The third-order valence-electron chi connectivity index (χ3n) is 3.75. The fraction of sp³-hybridized carbons (Fsp3) is 0.312. The van der Waals surface area contributed by atoms with Gasteiger partial charge in [0.25, 0.3) is 0 Å². The van der Waals surface area contributed by atoms with Crippen LogP contribution in [0.5, 0.6) is 0 Å². The lowest BCUT2D eigenvalue weighted by Gasteiger charge is -2.29. The molecule has 0 saturated carbocycles. The molecule has 0 spiro atoms. The number of carbonyl (C=O) groups is 1. The van der Waals surface area contributed by atoms with E-state index in [1.165, 1.54) is 6.07 Å². The van der Waals surface area contributed by atoms with E-state index in [9.17, 15) is 13.2 Å². The predicted molar refractivity (Wildman–Crippen MR) is 85.7 cm³/mol. The van der Waals surface area contributed by atoms with E-state index in [1.807, 2.05) is 0 Å². The highest BCUT2D eigenvalue weighted by Crippen LogP contribution is 2.32. The van der Waals surface area contributed by atoms with Crippen LogP contribution in [0.4, 0.5) is 5.69 Å². The number of benzene rings is 1. The van der Waals surface area contributed by atoms with Crippen molar-refractivity contribution in [1.29, 1.82) is 0 Å². The van der Waals surface area contributed by atoms with Crippen molar-refractivity contribution in [2.45, 2.75) is 4.90 Å². The minimum atomic E-state index is -3.42. The van der Waals surface area contributed by atoms with Crippen molar-refractivity contribution in [3.05, 3.63) is 36.1 Å². The summed E-state index contributed by atoms with van der Waals surface area (Å²) in [7, 11) is -3.42. The number of hydrogen-bond donors (Lipinski definition) is 0. The first kappa shape index (κ1) is 15.8. The molecule has 0 bridgehead atoms. The Balaban J connectivity index is 2.10. The molecule has 0 unspecified atom stereocenters. The van der Waals surface area contributed by atoms with Crippen molar-refractivity contribution < 1.29 is 22.4 Å². The minimum absolute atomic E-state index is 0.163. The maximum Gasteiger partial charge on any atom is 0.185 e. The summed E-state index contributed by atoms with van der Waals surface area (Å²) in [5.41, 5.74) is 1.37. The molecule has 0 aliphatic carbocycles. The molecule has 0 atom stereocenters. The summed E-state index contributed by atoms with van der Waals surface area (Å²) >= 11 is 0. The zero-order valence-corrected chi connectivity index (χ0v) is 13.5. The molecule has 7 heteroatoms. The summed E-state index contributed by atoms with van der Waals surface area (Å²) in [5.74, 6) is 0.527. The normalized spacial score (nSPS) is 15.6. The molecular weight excluding hydrogens is 318 g/mol. The summed E-state index contributed by atoms with van der Waals surface area (Å²) < 4.78 is 34.9. The molecule has 1 fully saturated rings. The smallest absolute Gasteiger partial charge is 0.185 e. The third-order valence-corrected chi connectivity index (χ3v) is 4.90. The van der Waals surface area contributed by atoms with Crippen molar-refractivity contribution in [3.63, 3.8) is 0 Å². The van der Waals surface area contributed by atoms with Gasteiger partial charge in [-0.3, -0.25) is 4.79 Å². The van der Waals surface area contributed by atoms with Crippen molar-refractivity contribution in [2.24, 2.45) is 0 Å². The zero-order valence-electron chi connectivity index (χ0n) is 12.7. The lowest BCUT2D eigenvalue weighted by atomic mass is 10.1. The second kappa shape index (κ2) is 6.17. The van der Waals surface area contributed by atoms with Crippen LogP contribution in [0.2, 0.25) is 0 Å². The molecule has 1 aromatic heterocycles. The summed E-state index contributed by atoms with van der Waals surface area (Å²) in [5, 5.41) is 0. The number of carbonyl (C=O) groups excluding carboxylic acids is 1. The molecule has 1 saturated heterocycles. The van der Waals surface area contributed by atoms with Crippen LogP contribution in [-0.2, 0) is 14.6 Å². The van der Waals surface area contributed by atoms with E-state index in [1.54, 1.807) is 24.3 Å². The van der Waals surface area contributed by atoms with Crippen molar-refractivity contribution >= 4 is 21.8 Å².